The molecule has 2 unspecified atom stereocenters. The lowest BCUT2D eigenvalue weighted by molar-refractivity contribution is 0.177. The summed E-state index contributed by atoms with van der Waals surface area (Å²) in [5.74, 6) is 0.509. The van der Waals surface area contributed by atoms with E-state index < -0.39 is 0 Å². The van der Waals surface area contributed by atoms with E-state index in [0.717, 1.165) is 25.8 Å². The third-order valence-electron chi connectivity index (χ3n) is 1.98. The van der Waals surface area contributed by atoms with Crippen LogP contribution in [0.2, 0.25) is 0 Å². The predicted molar refractivity (Wildman–Crippen MR) is 37.0 cm³/mol. The minimum Gasteiger partial charge on any atom is -0.393 e. The largest absolute Gasteiger partial charge is 0.393 e. The van der Waals surface area contributed by atoms with E-state index in [1.54, 1.807) is 0 Å². The van der Waals surface area contributed by atoms with Crippen molar-refractivity contribution in [1.29, 1.82) is 5.26 Å². The second-order valence-corrected chi connectivity index (χ2v) is 2.83. The Morgan fingerprint density at radius 2 is 2.40 bits per heavy atom. The number of aliphatic hydroxyl groups is 1. The van der Waals surface area contributed by atoms with Gasteiger partial charge in [0.25, 0.3) is 0 Å². The van der Waals surface area contributed by atoms with E-state index in [2.05, 4.69) is 5.32 Å². The molecule has 0 spiro atoms. The molecule has 0 heterocycles. The molecule has 0 amide bonds. The molecule has 0 aromatic heterocycles. The van der Waals surface area contributed by atoms with Gasteiger partial charge in [-0.3, -0.25) is 0 Å². The van der Waals surface area contributed by atoms with Gasteiger partial charge in [0, 0.05) is 6.54 Å². The zero-order valence-corrected chi connectivity index (χ0v) is 5.88. The van der Waals surface area contributed by atoms with Crippen LogP contribution in [0.5, 0.6) is 0 Å². The quantitative estimate of drug-likeness (QED) is 0.426. The maximum atomic E-state index is 9.09. The van der Waals surface area contributed by atoms with E-state index in [1.807, 2.05) is 6.19 Å². The number of hydrogen-bond donors (Lipinski definition) is 2. The first-order valence-corrected chi connectivity index (χ1v) is 3.63. The van der Waals surface area contributed by atoms with Gasteiger partial charge in [-0.25, -0.2) is 0 Å². The van der Waals surface area contributed by atoms with Gasteiger partial charge in [0.15, 0.2) is 6.19 Å². The molecule has 2 N–H and O–H groups in total. The highest BCUT2D eigenvalue weighted by atomic mass is 16.3. The SMILES string of the molecule is N#CNCC1CCC(O)C1. The van der Waals surface area contributed by atoms with Crippen molar-refractivity contribution in [1.82, 2.24) is 5.32 Å². The lowest BCUT2D eigenvalue weighted by atomic mass is 10.1. The fraction of sp³-hybridized carbons (Fsp3) is 0.857. The van der Waals surface area contributed by atoms with Crippen LogP contribution in [0.25, 0.3) is 0 Å². The van der Waals surface area contributed by atoms with Crippen molar-refractivity contribution in [3.05, 3.63) is 0 Å². The molecule has 10 heavy (non-hydrogen) atoms. The molecule has 0 bridgehead atoms. The molecule has 1 aliphatic rings. The van der Waals surface area contributed by atoms with Crippen molar-refractivity contribution in [3.63, 3.8) is 0 Å². The maximum absolute atomic E-state index is 9.09. The molecule has 0 aromatic carbocycles. The van der Waals surface area contributed by atoms with Crippen molar-refractivity contribution in [2.45, 2.75) is 25.4 Å². The lowest BCUT2D eigenvalue weighted by Gasteiger charge is -2.05. The topological polar surface area (TPSA) is 56.0 Å². The van der Waals surface area contributed by atoms with E-state index in [-0.39, 0.29) is 6.10 Å². The Kier molecular flexibility index (Phi) is 2.52. The minimum absolute atomic E-state index is 0.120. The fourth-order valence-corrected chi connectivity index (χ4v) is 1.42. The molecular weight excluding hydrogens is 128 g/mol. The normalized spacial score (nSPS) is 31.6. The number of nitriles is 1. The lowest BCUT2D eigenvalue weighted by Crippen LogP contribution is -2.16. The standard InChI is InChI=1S/C7H12N2O/c8-5-9-4-6-1-2-7(10)3-6/h6-7,9-10H,1-4H2. The molecule has 1 aliphatic carbocycles. The van der Waals surface area contributed by atoms with Crippen LogP contribution < -0.4 is 5.32 Å². The van der Waals surface area contributed by atoms with Crippen molar-refractivity contribution >= 4 is 0 Å². The van der Waals surface area contributed by atoms with Gasteiger partial charge in [0.05, 0.1) is 6.10 Å². The van der Waals surface area contributed by atoms with E-state index in [1.165, 1.54) is 0 Å². The van der Waals surface area contributed by atoms with Crippen molar-refractivity contribution in [2.24, 2.45) is 5.92 Å². The van der Waals surface area contributed by atoms with E-state index in [0.29, 0.717) is 5.92 Å². The number of aliphatic hydroxyl groups excluding tert-OH is 1. The third kappa shape index (κ3) is 1.89. The summed E-state index contributed by atoms with van der Waals surface area (Å²) in [6.07, 6.45) is 4.57. The average Bonchev–Trinajstić information content (AvgIpc) is 2.31. The van der Waals surface area contributed by atoms with Gasteiger partial charge >= 0.3 is 0 Å². The molecule has 3 heteroatoms. The molecular formula is C7H12N2O. The van der Waals surface area contributed by atoms with E-state index >= 15 is 0 Å². The van der Waals surface area contributed by atoms with Crippen molar-refractivity contribution in [3.8, 4) is 6.19 Å². The second kappa shape index (κ2) is 3.43. The minimum atomic E-state index is -0.120. The van der Waals surface area contributed by atoms with Gasteiger partial charge in [-0.1, -0.05) is 0 Å². The van der Waals surface area contributed by atoms with E-state index in [9.17, 15) is 0 Å². The average molecular weight is 140 g/mol. The molecule has 56 valence electrons. The number of nitrogens with zero attached hydrogens (tertiary/aromatic N) is 1. The zero-order chi connectivity index (χ0) is 7.40. The summed E-state index contributed by atoms with van der Waals surface area (Å²) < 4.78 is 0. The number of hydrogen-bond acceptors (Lipinski definition) is 3. The second-order valence-electron chi connectivity index (χ2n) is 2.83. The van der Waals surface area contributed by atoms with Crippen LogP contribution in [0.1, 0.15) is 19.3 Å². The Bertz CT molecular complexity index is 141. The van der Waals surface area contributed by atoms with Crippen LogP contribution in [-0.4, -0.2) is 17.8 Å². The molecule has 0 radical (unpaired) electrons. The summed E-state index contributed by atoms with van der Waals surface area (Å²) in [5, 5.41) is 19.9. The number of nitrogens with one attached hydrogen (secondary N) is 1. The highest BCUT2D eigenvalue weighted by molar-refractivity contribution is 4.78. The smallest absolute Gasteiger partial charge is 0.176 e. The Hall–Kier alpha value is -0.750. The fourth-order valence-electron chi connectivity index (χ4n) is 1.42. The van der Waals surface area contributed by atoms with Crippen LogP contribution in [0.4, 0.5) is 0 Å². The Morgan fingerprint density at radius 1 is 1.60 bits per heavy atom. The predicted octanol–water partition coefficient (Wildman–Crippen LogP) is 0.218. The summed E-state index contributed by atoms with van der Waals surface area (Å²) in [4.78, 5) is 0. The maximum Gasteiger partial charge on any atom is 0.176 e. The first-order valence-electron chi connectivity index (χ1n) is 3.63. The monoisotopic (exact) mass is 140 g/mol. The summed E-state index contributed by atoms with van der Waals surface area (Å²) in [7, 11) is 0. The molecule has 0 aromatic rings. The first-order chi connectivity index (χ1) is 4.83. The summed E-state index contributed by atoms with van der Waals surface area (Å²) >= 11 is 0. The van der Waals surface area contributed by atoms with Crippen LogP contribution in [0.15, 0.2) is 0 Å². The van der Waals surface area contributed by atoms with Gasteiger partial charge in [0.2, 0.25) is 0 Å². The summed E-state index contributed by atoms with van der Waals surface area (Å²) in [6, 6.07) is 0. The summed E-state index contributed by atoms with van der Waals surface area (Å²) in [5.41, 5.74) is 0. The number of rotatable bonds is 2. The Morgan fingerprint density at radius 3 is 2.90 bits per heavy atom. The molecule has 0 aliphatic heterocycles. The molecule has 2 atom stereocenters. The van der Waals surface area contributed by atoms with Gasteiger partial charge in [-0.05, 0) is 25.2 Å². The van der Waals surface area contributed by atoms with Crippen molar-refractivity contribution in [2.75, 3.05) is 6.54 Å². The highest BCUT2D eigenvalue weighted by Gasteiger charge is 2.21. The van der Waals surface area contributed by atoms with Crippen LogP contribution in [-0.2, 0) is 0 Å². The zero-order valence-electron chi connectivity index (χ0n) is 5.88. The molecule has 1 rings (SSSR count). The van der Waals surface area contributed by atoms with Crippen LogP contribution in [0, 0.1) is 17.4 Å². The van der Waals surface area contributed by atoms with E-state index in [4.69, 9.17) is 10.4 Å². The molecule has 0 saturated heterocycles. The van der Waals surface area contributed by atoms with Crippen LogP contribution >= 0.6 is 0 Å². The first kappa shape index (κ1) is 7.36. The Balaban J connectivity index is 2.14. The van der Waals surface area contributed by atoms with Crippen molar-refractivity contribution < 1.29 is 5.11 Å². The van der Waals surface area contributed by atoms with Gasteiger partial charge in [-0.2, -0.15) is 5.26 Å². The third-order valence-corrected chi connectivity index (χ3v) is 1.98. The Labute approximate surface area is 60.7 Å². The molecule has 3 nitrogen and oxygen atoms in total. The van der Waals surface area contributed by atoms with Gasteiger partial charge < -0.3 is 10.4 Å². The van der Waals surface area contributed by atoms with Gasteiger partial charge in [0.1, 0.15) is 0 Å². The highest BCUT2D eigenvalue weighted by Crippen LogP contribution is 2.24. The molecule has 1 fully saturated rings. The molecule has 1 saturated carbocycles. The van der Waals surface area contributed by atoms with Crippen LogP contribution in [0.3, 0.4) is 0 Å². The van der Waals surface area contributed by atoms with Gasteiger partial charge in [-0.15, -0.1) is 0 Å². The summed E-state index contributed by atoms with van der Waals surface area (Å²) in [6.45, 7) is 0.730.